The lowest BCUT2D eigenvalue weighted by molar-refractivity contribution is -0.121. The third-order valence-corrected chi connectivity index (χ3v) is 5.00. The number of rotatable bonds is 7. The molecule has 158 valence electrons. The van der Waals surface area contributed by atoms with Crippen molar-refractivity contribution in [1.29, 1.82) is 0 Å². The van der Waals surface area contributed by atoms with Gasteiger partial charge >= 0.3 is 0 Å². The summed E-state index contributed by atoms with van der Waals surface area (Å²) in [6.45, 7) is 2.59. The molecule has 4 aromatic rings. The van der Waals surface area contributed by atoms with Crippen LogP contribution in [0.2, 0.25) is 0 Å². The predicted octanol–water partition coefficient (Wildman–Crippen LogP) is 3.08. The second-order valence-corrected chi connectivity index (χ2v) is 7.19. The van der Waals surface area contributed by atoms with E-state index in [1.807, 2.05) is 55.5 Å². The molecule has 0 aliphatic heterocycles. The monoisotopic (exact) mass is 418 g/mol. The highest BCUT2D eigenvalue weighted by Gasteiger charge is 2.16. The van der Waals surface area contributed by atoms with Gasteiger partial charge in [-0.2, -0.15) is 0 Å². The van der Waals surface area contributed by atoms with Crippen LogP contribution in [0.5, 0.6) is 5.75 Å². The fourth-order valence-electron chi connectivity index (χ4n) is 3.17. The lowest BCUT2D eigenvalue weighted by Crippen LogP contribution is -2.27. The molecule has 31 heavy (non-hydrogen) atoms. The second kappa shape index (κ2) is 8.83. The summed E-state index contributed by atoms with van der Waals surface area (Å²) in [5.41, 5.74) is 3.56. The number of methoxy groups -OCH3 is 1. The fourth-order valence-corrected chi connectivity index (χ4v) is 3.17. The van der Waals surface area contributed by atoms with Crippen molar-refractivity contribution in [2.75, 3.05) is 7.11 Å². The Bertz CT molecular complexity index is 1260. The molecular weight excluding hydrogens is 396 g/mol. The number of hydrogen-bond donors (Lipinski definition) is 1. The maximum Gasteiger partial charge on any atom is 0.299 e. The summed E-state index contributed by atoms with van der Waals surface area (Å²) in [5.74, 6) is 0.594. The number of aromatic nitrogens is 3. The van der Waals surface area contributed by atoms with Gasteiger partial charge in [0.05, 0.1) is 13.4 Å². The van der Waals surface area contributed by atoms with E-state index in [1.54, 1.807) is 7.11 Å². The molecular formula is C23H22N4O4. The Hall–Kier alpha value is -3.94. The van der Waals surface area contributed by atoms with E-state index in [0.29, 0.717) is 17.8 Å². The highest BCUT2D eigenvalue weighted by Crippen LogP contribution is 2.24. The Labute approximate surface area is 178 Å². The Kier molecular flexibility index (Phi) is 5.79. The van der Waals surface area contributed by atoms with E-state index in [9.17, 15) is 9.59 Å². The lowest BCUT2D eigenvalue weighted by atomic mass is 10.1. The van der Waals surface area contributed by atoms with Crippen molar-refractivity contribution in [1.82, 2.24) is 20.0 Å². The number of aryl methyl sites for hydroxylation is 2. The summed E-state index contributed by atoms with van der Waals surface area (Å²) in [4.78, 5) is 29.3. The van der Waals surface area contributed by atoms with Crippen molar-refractivity contribution in [3.63, 3.8) is 0 Å². The molecule has 1 amide bonds. The predicted molar refractivity (Wildman–Crippen MR) is 116 cm³/mol. The summed E-state index contributed by atoms with van der Waals surface area (Å²) >= 11 is 0. The van der Waals surface area contributed by atoms with Crippen LogP contribution in [0.1, 0.15) is 17.5 Å². The highest BCUT2D eigenvalue weighted by atomic mass is 16.5. The first kappa shape index (κ1) is 20.3. The molecule has 0 fully saturated rings. The SMILES string of the molecule is COc1ccc(CNC(=O)CCn2cnc3c(-c4ccc(C)cc4)noc3c2=O)cc1. The van der Waals surface area contributed by atoms with Gasteiger partial charge in [0.2, 0.25) is 5.91 Å². The van der Waals surface area contributed by atoms with E-state index in [0.717, 1.165) is 22.4 Å². The number of amides is 1. The summed E-state index contributed by atoms with van der Waals surface area (Å²) in [5, 5.41) is 6.87. The van der Waals surface area contributed by atoms with Crippen LogP contribution in [0.3, 0.4) is 0 Å². The summed E-state index contributed by atoms with van der Waals surface area (Å²) in [6, 6.07) is 15.2. The average Bonchev–Trinajstić information content (AvgIpc) is 3.23. The summed E-state index contributed by atoms with van der Waals surface area (Å²) in [6.07, 6.45) is 1.57. The zero-order valence-electron chi connectivity index (χ0n) is 17.3. The third kappa shape index (κ3) is 4.48. The number of ether oxygens (including phenoxy) is 1. The molecule has 0 radical (unpaired) electrons. The van der Waals surface area contributed by atoms with Crippen LogP contribution in [0, 0.1) is 6.92 Å². The minimum atomic E-state index is -0.362. The molecule has 0 unspecified atom stereocenters. The van der Waals surface area contributed by atoms with E-state index in [2.05, 4.69) is 15.5 Å². The van der Waals surface area contributed by atoms with Crippen LogP contribution in [0.4, 0.5) is 0 Å². The molecule has 0 saturated carbocycles. The quantitative estimate of drug-likeness (QED) is 0.495. The third-order valence-electron chi connectivity index (χ3n) is 5.00. The number of benzene rings is 2. The first-order chi connectivity index (χ1) is 15.0. The molecule has 0 saturated heterocycles. The van der Waals surface area contributed by atoms with Crippen LogP contribution in [0.15, 0.2) is 64.2 Å². The molecule has 4 rings (SSSR count). The van der Waals surface area contributed by atoms with Crippen LogP contribution >= 0.6 is 0 Å². The zero-order chi connectivity index (χ0) is 21.8. The van der Waals surface area contributed by atoms with Gasteiger partial charge in [-0.25, -0.2) is 4.98 Å². The van der Waals surface area contributed by atoms with E-state index < -0.39 is 0 Å². The molecule has 2 aromatic carbocycles. The first-order valence-electron chi connectivity index (χ1n) is 9.86. The molecule has 0 atom stereocenters. The Balaban J connectivity index is 1.41. The fraction of sp³-hybridized carbons (Fsp3) is 0.217. The Morgan fingerprint density at radius 1 is 1.13 bits per heavy atom. The second-order valence-electron chi connectivity index (χ2n) is 7.19. The van der Waals surface area contributed by atoms with E-state index in [-0.39, 0.29) is 30.0 Å². The van der Waals surface area contributed by atoms with Gasteiger partial charge in [-0.3, -0.25) is 14.2 Å². The van der Waals surface area contributed by atoms with Gasteiger partial charge in [0.25, 0.3) is 11.1 Å². The van der Waals surface area contributed by atoms with Crippen molar-refractivity contribution >= 4 is 17.0 Å². The molecule has 2 aromatic heterocycles. The summed E-state index contributed by atoms with van der Waals surface area (Å²) < 4.78 is 11.8. The normalized spacial score (nSPS) is 10.9. The molecule has 1 N–H and O–H groups in total. The van der Waals surface area contributed by atoms with Crippen molar-refractivity contribution in [2.24, 2.45) is 0 Å². The van der Waals surface area contributed by atoms with Crippen LogP contribution in [-0.2, 0) is 17.9 Å². The Morgan fingerprint density at radius 3 is 2.58 bits per heavy atom. The molecule has 8 nitrogen and oxygen atoms in total. The van der Waals surface area contributed by atoms with Crippen molar-refractivity contribution in [3.8, 4) is 17.0 Å². The van der Waals surface area contributed by atoms with E-state index >= 15 is 0 Å². The molecule has 8 heteroatoms. The Morgan fingerprint density at radius 2 is 1.87 bits per heavy atom. The molecule has 0 aliphatic carbocycles. The van der Waals surface area contributed by atoms with Gasteiger partial charge in [-0.05, 0) is 24.6 Å². The van der Waals surface area contributed by atoms with Crippen LogP contribution < -0.4 is 15.6 Å². The van der Waals surface area contributed by atoms with E-state index in [1.165, 1.54) is 10.9 Å². The van der Waals surface area contributed by atoms with Gasteiger partial charge in [-0.1, -0.05) is 47.1 Å². The van der Waals surface area contributed by atoms with Crippen molar-refractivity contribution in [3.05, 3.63) is 76.3 Å². The van der Waals surface area contributed by atoms with Crippen molar-refractivity contribution in [2.45, 2.75) is 26.4 Å². The number of carbonyl (C=O) groups is 1. The van der Waals surface area contributed by atoms with Gasteiger partial charge in [-0.15, -0.1) is 0 Å². The number of fused-ring (bicyclic) bond motifs is 1. The number of nitrogens with one attached hydrogen (secondary N) is 1. The molecule has 2 heterocycles. The van der Waals surface area contributed by atoms with Crippen molar-refractivity contribution < 1.29 is 14.1 Å². The zero-order valence-corrected chi connectivity index (χ0v) is 17.3. The average molecular weight is 418 g/mol. The highest BCUT2D eigenvalue weighted by molar-refractivity contribution is 5.87. The van der Waals surface area contributed by atoms with E-state index in [4.69, 9.17) is 9.26 Å². The summed E-state index contributed by atoms with van der Waals surface area (Å²) in [7, 11) is 1.60. The largest absolute Gasteiger partial charge is 0.497 e. The molecule has 0 spiro atoms. The standard InChI is InChI=1S/C23H22N4O4/c1-15-3-7-17(8-4-15)20-21-22(31-26-20)23(29)27(14-25-21)12-11-19(28)24-13-16-5-9-18(30-2)10-6-16/h3-10,14H,11-13H2,1-2H3,(H,24,28). The molecule has 0 bridgehead atoms. The molecule has 0 aliphatic rings. The maximum absolute atomic E-state index is 12.7. The van der Waals surface area contributed by atoms with Crippen LogP contribution in [-0.4, -0.2) is 27.7 Å². The van der Waals surface area contributed by atoms with Gasteiger partial charge in [0, 0.05) is 25.1 Å². The minimum Gasteiger partial charge on any atom is -0.497 e. The van der Waals surface area contributed by atoms with Crippen LogP contribution in [0.25, 0.3) is 22.4 Å². The van der Waals surface area contributed by atoms with Gasteiger partial charge in [0.15, 0.2) is 0 Å². The number of hydrogen-bond acceptors (Lipinski definition) is 6. The smallest absolute Gasteiger partial charge is 0.299 e. The lowest BCUT2D eigenvalue weighted by Gasteiger charge is -2.07. The van der Waals surface area contributed by atoms with Gasteiger partial charge < -0.3 is 14.6 Å². The number of nitrogens with zero attached hydrogens (tertiary/aromatic N) is 3. The first-order valence-corrected chi connectivity index (χ1v) is 9.86. The topological polar surface area (TPSA) is 99.2 Å². The minimum absolute atomic E-state index is 0.0803. The number of carbonyl (C=O) groups excluding carboxylic acids is 1. The maximum atomic E-state index is 12.7. The van der Waals surface area contributed by atoms with Gasteiger partial charge in [0.1, 0.15) is 17.0 Å².